The average molecular weight is 310 g/mol. The van der Waals surface area contributed by atoms with Crippen molar-refractivity contribution in [3.63, 3.8) is 0 Å². The van der Waals surface area contributed by atoms with E-state index in [0.717, 1.165) is 4.90 Å². The molecule has 8 nitrogen and oxygen atoms in total. The van der Waals surface area contributed by atoms with Crippen molar-refractivity contribution in [1.82, 2.24) is 4.90 Å². The van der Waals surface area contributed by atoms with Crippen LogP contribution in [-0.2, 0) is 23.9 Å². The van der Waals surface area contributed by atoms with Crippen LogP contribution >= 0.6 is 0 Å². The van der Waals surface area contributed by atoms with Crippen LogP contribution in [0.5, 0.6) is 0 Å². The van der Waals surface area contributed by atoms with Gasteiger partial charge in [-0.2, -0.15) is 0 Å². The summed E-state index contributed by atoms with van der Waals surface area (Å²) in [6.07, 6.45) is -0.0530. The second-order valence-electron chi connectivity index (χ2n) is 6.60. The lowest BCUT2D eigenvalue weighted by Crippen LogP contribution is -2.49. The number of rotatable bonds is 4. The monoisotopic (exact) mass is 310 g/mol. The van der Waals surface area contributed by atoms with Gasteiger partial charge >= 0.3 is 5.97 Å². The first-order valence-electron chi connectivity index (χ1n) is 7.20. The van der Waals surface area contributed by atoms with Crippen molar-refractivity contribution in [2.45, 2.75) is 51.4 Å². The number of nitrogens with zero attached hydrogens (tertiary/aromatic N) is 1. The quantitative estimate of drug-likeness (QED) is 0.658. The van der Waals surface area contributed by atoms with Crippen LogP contribution in [0.25, 0.3) is 0 Å². The highest BCUT2D eigenvalue weighted by atomic mass is 16.5. The first kappa shape index (κ1) is 15.0. The normalized spacial score (nSPS) is 40.9. The molecule has 0 radical (unpaired) electrons. The molecule has 3 aliphatic heterocycles. The van der Waals surface area contributed by atoms with E-state index in [1.54, 1.807) is 13.8 Å². The number of likely N-dealkylation sites (tertiary alicyclic amines) is 1. The second-order valence-corrected chi connectivity index (χ2v) is 6.60. The number of fused-ring (bicyclic) bond motifs is 5. The van der Waals surface area contributed by atoms with Gasteiger partial charge in [-0.25, -0.2) is 4.79 Å². The number of carboxylic acids is 1. The molecule has 0 spiro atoms. The summed E-state index contributed by atoms with van der Waals surface area (Å²) in [4.78, 5) is 49.0. The van der Waals surface area contributed by atoms with Gasteiger partial charge in [-0.1, -0.05) is 0 Å². The first-order chi connectivity index (χ1) is 10.2. The first-order valence-corrected chi connectivity index (χ1v) is 7.20. The van der Waals surface area contributed by atoms with E-state index in [1.807, 2.05) is 0 Å². The van der Waals surface area contributed by atoms with Gasteiger partial charge in [0.15, 0.2) is 0 Å². The lowest BCUT2D eigenvalue weighted by atomic mass is 9.59. The number of nitrogens with two attached hydrogens (primary N) is 1. The lowest BCUT2D eigenvalue weighted by Gasteiger charge is -2.36. The molecule has 3 saturated heterocycles. The molecule has 0 aromatic heterocycles. The van der Waals surface area contributed by atoms with Gasteiger partial charge in [0.1, 0.15) is 6.04 Å². The summed E-state index contributed by atoms with van der Waals surface area (Å²) in [5, 5.41) is 9.31. The number of aliphatic carboxylic acids is 1. The van der Waals surface area contributed by atoms with Gasteiger partial charge in [0.25, 0.3) is 0 Å². The summed E-state index contributed by atoms with van der Waals surface area (Å²) in [6, 6.07) is -1.56. The molecule has 3 aliphatic rings. The molecule has 0 aromatic rings. The van der Waals surface area contributed by atoms with Crippen LogP contribution in [0.2, 0.25) is 0 Å². The van der Waals surface area contributed by atoms with E-state index in [1.165, 1.54) is 0 Å². The zero-order chi connectivity index (χ0) is 16.4. The van der Waals surface area contributed by atoms with E-state index in [-0.39, 0.29) is 0 Å². The lowest BCUT2D eigenvalue weighted by molar-refractivity contribution is -0.159. The fourth-order valence-corrected chi connectivity index (χ4v) is 4.23. The topological polar surface area (TPSA) is 127 Å². The van der Waals surface area contributed by atoms with Crippen molar-refractivity contribution in [3.05, 3.63) is 0 Å². The fourth-order valence-electron chi connectivity index (χ4n) is 4.23. The highest BCUT2D eigenvalue weighted by Crippen LogP contribution is 2.64. The number of carbonyl (C=O) groups excluding carboxylic acids is 3. The second kappa shape index (κ2) is 4.28. The van der Waals surface area contributed by atoms with E-state index < -0.39 is 59.2 Å². The van der Waals surface area contributed by atoms with Crippen LogP contribution in [0.3, 0.4) is 0 Å². The molecule has 5 atom stereocenters. The minimum atomic E-state index is -1.56. The molecule has 0 saturated carbocycles. The van der Waals surface area contributed by atoms with Crippen LogP contribution in [0.4, 0.5) is 0 Å². The molecule has 120 valence electrons. The summed E-state index contributed by atoms with van der Waals surface area (Å²) in [6.45, 7) is 3.31. The number of ether oxygens (including phenoxy) is 1. The van der Waals surface area contributed by atoms with E-state index in [4.69, 9.17) is 10.5 Å². The number of primary amides is 1. The van der Waals surface area contributed by atoms with Gasteiger partial charge in [0, 0.05) is 0 Å². The van der Waals surface area contributed by atoms with Crippen molar-refractivity contribution < 1.29 is 29.0 Å². The van der Waals surface area contributed by atoms with Crippen LogP contribution < -0.4 is 5.73 Å². The highest BCUT2D eigenvalue weighted by molar-refractivity contribution is 6.13. The average Bonchev–Trinajstić information content (AvgIpc) is 3.03. The van der Waals surface area contributed by atoms with Gasteiger partial charge in [-0.3, -0.25) is 19.3 Å². The molecule has 3 N–H and O–H groups in total. The third kappa shape index (κ3) is 1.45. The molecule has 3 rings (SSSR count). The zero-order valence-electron chi connectivity index (χ0n) is 12.4. The van der Waals surface area contributed by atoms with Crippen LogP contribution in [0.1, 0.15) is 33.1 Å². The van der Waals surface area contributed by atoms with E-state index in [2.05, 4.69) is 0 Å². The number of carbonyl (C=O) groups is 4. The Balaban J connectivity index is 2.06. The molecular weight excluding hydrogens is 292 g/mol. The van der Waals surface area contributed by atoms with Gasteiger partial charge in [0.2, 0.25) is 17.7 Å². The largest absolute Gasteiger partial charge is 0.480 e. The van der Waals surface area contributed by atoms with Crippen molar-refractivity contribution in [1.29, 1.82) is 0 Å². The van der Waals surface area contributed by atoms with E-state index in [9.17, 15) is 24.3 Å². The van der Waals surface area contributed by atoms with Crippen molar-refractivity contribution in [3.8, 4) is 0 Å². The molecule has 2 bridgehead atoms. The van der Waals surface area contributed by atoms with Crippen LogP contribution in [0.15, 0.2) is 0 Å². The molecule has 3 fully saturated rings. The highest BCUT2D eigenvalue weighted by Gasteiger charge is 2.77. The molecule has 3 heterocycles. The Morgan fingerprint density at radius 3 is 2.09 bits per heavy atom. The number of hydrogen-bond acceptors (Lipinski definition) is 5. The molecule has 3 amide bonds. The molecule has 1 unspecified atom stereocenters. The van der Waals surface area contributed by atoms with E-state index in [0.29, 0.717) is 12.8 Å². The molecule has 22 heavy (non-hydrogen) atoms. The van der Waals surface area contributed by atoms with E-state index >= 15 is 0 Å². The van der Waals surface area contributed by atoms with Crippen molar-refractivity contribution in [2.75, 3.05) is 0 Å². The fraction of sp³-hybridized carbons (Fsp3) is 0.714. The molecular formula is C14H18N2O6. The number of imide groups is 1. The van der Waals surface area contributed by atoms with Crippen LogP contribution in [-0.4, -0.2) is 51.9 Å². The summed E-state index contributed by atoms with van der Waals surface area (Å²) in [5.74, 6) is -3.46. The van der Waals surface area contributed by atoms with Crippen molar-refractivity contribution >= 4 is 23.7 Å². The van der Waals surface area contributed by atoms with Gasteiger partial charge < -0.3 is 15.6 Å². The predicted molar refractivity (Wildman–Crippen MR) is 71.2 cm³/mol. The van der Waals surface area contributed by atoms with Crippen molar-refractivity contribution in [2.24, 2.45) is 16.6 Å². The standard InChI is InChI=1S/C14H18N2O6/c1-13-7-3-4-8(22-7)14(13,2)12(21)16(11(13)20)6(10(18)19)5-9(15)17/h6-8H,3-5H2,1-2H3,(H2,15,17)(H,18,19)/t6?,7-,8+,13+,14-. The zero-order valence-corrected chi connectivity index (χ0v) is 12.4. The van der Waals surface area contributed by atoms with Gasteiger partial charge in [-0.15, -0.1) is 0 Å². The Bertz CT molecular complexity index is 570. The summed E-state index contributed by atoms with van der Waals surface area (Å²) in [5.41, 5.74) is 2.89. The summed E-state index contributed by atoms with van der Waals surface area (Å²) in [7, 11) is 0. The number of carboxylic acid groups (broad SMARTS) is 1. The maximum Gasteiger partial charge on any atom is 0.327 e. The van der Waals surface area contributed by atoms with Gasteiger partial charge in [-0.05, 0) is 26.7 Å². The smallest absolute Gasteiger partial charge is 0.327 e. The number of amides is 3. The Hall–Kier alpha value is -1.96. The molecule has 0 aliphatic carbocycles. The Morgan fingerprint density at radius 1 is 1.27 bits per heavy atom. The summed E-state index contributed by atoms with van der Waals surface area (Å²) >= 11 is 0. The Kier molecular flexibility index (Phi) is 2.91. The van der Waals surface area contributed by atoms with Gasteiger partial charge in [0.05, 0.1) is 29.5 Å². The molecule has 8 heteroatoms. The molecule has 0 aromatic carbocycles. The predicted octanol–water partition coefficient (Wildman–Crippen LogP) is -0.742. The third-order valence-electron chi connectivity index (χ3n) is 5.70. The minimum absolute atomic E-state index is 0.396. The maximum atomic E-state index is 12.9. The Labute approximate surface area is 126 Å². The third-order valence-corrected chi connectivity index (χ3v) is 5.70. The Morgan fingerprint density at radius 2 is 1.73 bits per heavy atom. The SMILES string of the molecule is C[C@@]12C(=O)N(C(CC(N)=O)C(=O)O)C(=O)[C@]1(C)[C@H]1CC[C@@H]2O1. The maximum absolute atomic E-state index is 12.9. The minimum Gasteiger partial charge on any atom is -0.480 e. The number of hydrogen-bond donors (Lipinski definition) is 2. The summed E-state index contributed by atoms with van der Waals surface area (Å²) < 4.78 is 5.75. The van der Waals surface area contributed by atoms with Crippen LogP contribution in [0, 0.1) is 10.8 Å².